The van der Waals surface area contributed by atoms with Crippen LogP contribution in [0.15, 0.2) is 174 Å². The second kappa shape index (κ2) is 12.8. The first kappa shape index (κ1) is 31.0. The van der Waals surface area contributed by atoms with Gasteiger partial charge in [0.05, 0.1) is 19.6 Å². The monoisotopic (exact) mass is 758 g/mol. The van der Waals surface area contributed by atoms with Gasteiger partial charge in [-0.25, -0.2) is 16.8 Å². The maximum absolute atomic E-state index is 13.6. The Morgan fingerprint density at radius 3 is 1.09 bits per heavy atom. The molecule has 0 fully saturated rings. The Kier molecular flexibility index (Phi) is 8.79. The highest BCUT2D eigenvalue weighted by molar-refractivity contribution is 9.10. The van der Waals surface area contributed by atoms with Crippen LogP contribution >= 0.6 is 31.9 Å². The molecule has 224 valence electrons. The molecule has 0 spiro atoms. The SMILES string of the molecule is O=S(=O)(c1ccc(Br)cc1)c1ccc(Oc2ccc(S(=O)(=O)c3ccc(Br)cc3)cc2-c2ccccc2)c(-c2ccccc2)c1. The molecule has 0 aromatic heterocycles. The third kappa shape index (κ3) is 6.53. The normalized spacial score (nSPS) is 11.7. The molecule has 0 saturated heterocycles. The third-order valence-electron chi connectivity index (χ3n) is 7.16. The molecule has 0 aliphatic heterocycles. The van der Waals surface area contributed by atoms with E-state index in [0.29, 0.717) is 22.6 Å². The molecule has 0 bridgehead atoms. The van der Waals surface area contributed by atoms with E-state index in [1.54, 1.807) is 72.8 Å². The summed E-state index contributed by atoms with van der Waals surface area (Å²) in [5.41, 5.74) is 2.66. The minimum atomic E-state index is -3.82. The van der Waals surface area contributed by atoms with Crippen molar-refractivity contribution in [1.29, 1.82) is 0 Å². The first-order valence-electron chi connectivity index (χ1n) is 13.7. The summed E-state index contributed by atoms with van der Waals surface area (Å²) in [5, 5.41) is 0. The number of rotatable bonds is 8. The van der Waals surface area contributed by atoms with Crippen LogP contribution in [0.1, 0.15) is 0 Å². The summed E-state index contributed by atoms with van der Waals surface area (Å²) in [5.74, 6) is 0.827. The number of benzene rings is 6. The Bertz CT molecular complexity index is 2040. The molecule has 0 aliphatic rings. The van der Waals surface area contributed by atoms with Gasteiger partial charge >= 0.3 is 0 Å². The van der Waals surface area contributed by atoms with Crippen molar-refractivity contribution in [3.8, 4) is 33.8 Å². The first-order valence-corrected chi connectivity index (χ1v) is 18.3. The Labute approximate surface area is 279 Å². The van der Waals surface area contributed by atoms with E-state index in [0.717, 1.165) is 20.1 Å². The van der Waals surface area contributed by atoms with E-state index in [1.165, 1.54) is 12.1 Å². The van der Waals surface area contributed by atoms with Gasteiger partial charge in [0.2, 0.25) is 19.7 Å². The summed E-state index contributed by atoms with van der Waals surface area (Å²) < 4.78 is 62.4. The average molecular weight is 761 g/mol. The molecule has 0 aliphatic carbocycles. The lowest BCUT2D eigenvalue weighted by Gasteiger charge is -2.17. The quantitative estimate of drug-likeness (QED) is 0.154. The molecule has 0 heterocycles. The maximum Gasteiger partial charge on any atom is 0.206 e. The maximum atomic E-state index is 13.6. The van der Waals surface area contributed by atoms with Crippen molar-refractivity contribution in [3.63, 3.8) is 0 Å². The molecule has 9 heteroatoms. The predicted octanol–water partition coefficient (Wildman–Crippen LogP) is 10.0. The predicted molar refractivity (Wildman–Crippen MR) is 183 cm³/mol. The number of halogens is 2. The highest BCUT2D eigenvalue weighted by atomic mass is 79.9. The second-order valence-electron chi connectivity index (χ2n) is 10.1. The van der Waals surface area contributed by atoms with Gasteiger partial charge in [0.1, 0.15) is 11.5 Å². The van der Waals surface area contributed by atoms with Crippen molar-refractivity contribution in [3.05, 3.63) is 155 Å². The van der Waals surface area contributed by atoms with Gasteiger partial charge in [0.25, 0.3) is 0 Å². The van der Waals surface area contributed by atoms with Gasteiger partial charge in [0, 0.05) is 20.1 Å². The zero-order chi connectivity index (χ0) is 31.6. The average Bonchev–Trinajstić information content (AvgIpc) is 3.06. The van der Waals surface area contributed by atoms with Crippen LogP contribution < -0.4 is 4.74 Å². The van der Waals surface area contributed by atoms with Gasteiger partial charge in [-0.15, -0.1) is 0 Å². The van der Waals surface area contributed by atoms with Crippen molar-refractivity contribution in [2.45, 2.75) is 19.6 Å². The van der Waals surface area contributed by atoms with E-state index >= 15 is 0 Å². The van der Waals surface area contributed by atoms with Crippen LogP contribution in [0.5, 0.6) is 11.5 Å². The molecule has 0 saturated carbocycles. The minimum absolute atomic E-state index is 0.121. The molecule has 6 aromatic rings. The topological polar surface area (TPSA) is 77.5 Å². The first-order chi connectivity index (χ1) is 21.6. The van der Waals surface area contributed by atoms with Crippen molar-refractivity contribution in [2.24, 2.45) is 0 Å². The highest BCUT2D eigenvalue weighted by Crippen LogP contribution is 2.41. The van der Waals surface area contributed by atoms with E-state index < -0.39 is 19.7 Å². The molecule has 0 atom stereocenters. The molecule has 0 radical (unpaired) electrons. The van der Waals surface area contributed by atoms with Gasteiger partial charge in [-0.1, -0.05) is 92.5 Å². The summed E-state index contributed by atoms with van der Waals surface area (Å²) in [4.78, 5) is 0.588. The Hall–Kier alpha value is -4.02. The van der Waals surface area contributed by atoms with E-state index in [-0.39, 0.29) is 19.6 Å². The number of ether oxygens (including phenoxy) is 1. The largest absolute Gasteiger partial charge is 0.456 e. The van der Waals surface area contributed by atoms with Crippen molar-refractivity contribution < 1.29 is 21.6 Å². The highest BCUT2D eigenvalue weighted by Gasteiger charge is 2.23. The fourth-order valence-corrected chi connectivity index (χ4v) is 7.94. The number of sulfone groups is 2. The van der Waals surface area contributed by atoms with Crippen LogP contribution in [0.4, 0.5) is 0 Å². The zero-order valence-corrected chi connectivity index (χ0v) is 28.3. The lowest BCUT2D eigenvalue weighted by atomic mass is 10.0. The summed E-state index contributed by atoms with van der Waals surface area (Å²) in [6, 6.07) is 41.3. The fourth-order valence-electron chi connectivity index (χ4n) is 4.84. The summed E-state index contributed by atoms with van der Waals surface area (Å²) in [6.45, 7) is 0. The summed E-state index contributed by atoms with van der Waals surface area (Å²) in [6.07, 6.45) is 0. The second-order valence-corrected chi connectivity index (χ2v) is 15.8. The fraction of sp³-hybridized carbons (Fsp3) is 0. The van der Waals surface area contributed by atoms with Gasteiger partial charge in [-0.2, -0.15) is 0 Å². The zero-order valence-electron chi connectivity index (χ0n) is 23.5. The molecule has 0 amide bonds. The summed E-state index contributed by atoms with van der Waals surface area (Å²) in [7, 11) is -7.65. The molecule has 6 rings (SSSR count). The Balaban J connectivity index is 1.47. The van der Waals surface area contributed by atoms with Crippen molar-refractivity contribution >= 4 is 51.5 Å². The molecular formula is C36H24Br2O5S2. The molecule has 45 heavy (non-hydrogen) atoms. The van der Waals surface area contributed by atoms with E-state index in [9.17, 15) is 16.8 Å². The lowest BCUT2D eigenvalue weighted by Crippen LogP contribution is -2.04. The number of hydrogen-bond acceptors (Lipinski definition) is 5. The van der Waals surface area contributed by atoms with Crippen LogP contribution in [0, 0.1) is 0 Å². The van der Waals surface area contributed by atoms with Gasteiger partial charge in [-0.05, 0) is 96.1 Å². The van der Waals surface area contributed by atoms with Crippen molar-refractivity contribution in [1.82, 2.24) is 0 Å². The number of hydrogen-bond donors (Lipinski definition) is 0. The van der Waals surface area contributed by atoms with E-state index in [2.05, 4.69) is 31.9 Å². The Morgan fingerprint density at radius 1 is 0.400 bits per heavy atom. The van der Waals surface area contributed by atoms with Gasteiger partial charge in [-0.3, -0.25) is 0 Å². The lowest BCUT2D eigenvalue weighted by molar-refractivity contribution is 0.485. The van der Waals surface area contributed by atoms with Crippen LogP contribution in [0.25, 0.3) is 22.3 Å². The smallest absolute Gasteiger partial charge is 0.206 e. The van der Waals surface area contributed by atoms with Crippen molar-refractivity contribution in [2.75, 3.05) is 0 Å². The molecule has 5 nitrogen and oxygen atoms in total. The minimum Gasteiger partial charge on any atom is -0.456 e. The van der Waals surface area contributed by atoms with Gasteiger partial charge in [0.15, 0.2) is 0 Å². The van der Waals surface area contributed by atoms with Crippen LogP contribution in [-0.2, 0) is 19.7 Å². The molecular weight excluding hydrogens is 736 g/mol. The molecule has 6 aromatic carbocycles. The van der Waals surface area contributed by atoms with E-state index in [4.69, 9.17) is 4.74 Å². The summed E-state index contributed by atoms with van der Waals surface area (Å²) >= 11 is 6.71. The van der Waals surface area contributed by atoms with E-state index in [1.807, 2.05) is 60.7 Å². The van der Waals surface area contributed by atoms with Crippen LogP contribution in [-0.4, -0.2) is 16.8 Å². The molecule has 0 unspecified atom stereocenters. The van der Waals surface area contributed by atoms with Crippen LogP contribution in [0.2, 0.25) is 0 Å². The molecule has 0 N–H and O–H groups in total. The Morgan fingerprint density at radius 2 is 0.733 bits per heavy atom. The standard InChI is InChI=1S/C36H24Br2O5S2/c37-27-11-15-29(16-12-27)44(39,40)31-19-21-35(33(23-31)25-7-3-1-4-8-25)43-36-22-20-32(24-34(36)26-9-5-2-6-10-26)45(41,42)30-17-13-28(38)14-18-30/h1-24H. The third-order valence-corrected chi connectivity index (χ3v) is 11.8. The van der Waals surface area contributed by atoms with Crippen LogP contribution in [0.3, 0.4) is 0 Å². The van der Waals surface area contributed by atoms with Gasteiger partial charge < -0.3 is 4.74 Å².